The molecule has 2 aromatic heterocycles. The number of amidine groups is 1. The fourth-order valence-electron chi connectivity index (χ4n) is 1.78. The first kappa shape index (κ1) is 16.9. The Morgan fingerprint density at radius 3 is 3.00 bits per heavy atom. The van der Waals surface area contributed by atoms with E-state index in [1.807, 2.05) is 0 Å². The third-order valence-electron chi connectivity index (χ3n) is 2.96. The number of carbonyl (C=O) groups excluding carboxylic acids is 1. The zero-order chi connectivity index (χ0) is 17.8. The predicted molar refractivity (Wildman–Crippen MR) is 87.2 cm³/mol. The number of hydrogen-bond acceptors (Lipinski definition) is 8. The van der Waals surface area contributed by atoms with Crippen molar-refractivity contribution < 1.29 is 13.8 Å². The molecule has 2 heterocycles. The van der Waals surface area contributed by atoms with E-state index in [0.29, 0.717) is 5.69 Å². The van der Waals surface area contributed by atoms with Gasteiger partial charge in [-0.3, -0.25) is 4.79 Å². The highest BCUT2D eigenvalue weighted by Gasteiger charge is 2.16. The SMILES string of the molecule is NC(=Nc1ccc(F)c(Cl)c1)c1nonc1CNC(=O)c1csnn1. The van der Waals surface area contributed by atoms with E-state index in [1.54, 1.807) is 0 Å². The number of nitrogens with one attached hydrogen (secondary N) is 1. The van der Waals surface area contributed by atoms with E-state index < -0.39 is 11.7 Å². The van der Waals surface area contributed by atoms with Gasteiger partial charge in [0.15, 0.2) is 17.2 Å². The van der Waals surface area contributed by atoms with E-state index in [1.165, 1.54) is 23.6 Å². The van der Waals surface area contributed by atoms with Gasteiger partial charge in [0.25, 0.3) is 5.91 Å². The normalized spacial score (nSPS) is 11.5. The molecule has 0 aliphatic heterocycles. The lowest BCUT2D eigenvalue weighted by atomic mass is 10.2. The van der Waals surface area contributed by atoms with Crippen LogP contribution in [0.3, 0.4) is 0 Å². The molecule has 0 aliphatic rings. The summed E-state index contributed by atoms with van der Waals surface area (Å²) in [6, 6.07) is 3.88. The number of aliphatic imine (C=N–C) groups is 1. The fraction of sp³-hybridized carbons (Fsp3) is 0.0769. The molecular weight excluding hydrogens is 373 g/mol. The van der Waals surface area contributed by atoms with Crippen molar-refractivity contribution in [3.8, 4) is 0 Å². The van der Waals surface area contributed by atoms with Crippen LogP contribution in [0.2, 0.25) is 5.02 Å². The van der Waals surface area contributed by atoms with Gasteiger partial charge in [0.2, 0.25) is 0 Å². The number of amides is 1. The first-order valence-corrected chi connectivity index (χ1v) is 7.92. The van der Waals surface area contributed by atoms with Crippen LogP contribution < -0.4 is 11.1 Å². The van der Waals surface area contributed by atoms with Crippen LogP contribution in [-0.4, -0.2) is 31.6 Å². The molecule has 0 aliphatic carbocycles. The van der Waals surface area contributed by atoms with Gasteiger partial charge >= 0.3 is 0 Å². The van der Waals surface area contributed by atoms with Crippen molar-refractivity contribution in [2.24, 2.45) is 10.7 Å². The van der Waals surface area contributed by atoms with Gasteiger partial charge < -0.3 is 11.1 Å². The Bertz CT molecular complexity index is 928. The number of nitrogens with zero attached hydrogens (tertiary/aromatic N) is 5. The van der Waals surface area contributed by atoms with E-state index in [9.17, 15) is 9.18 Å². The largest absolute Gasteiger partial charge is 0.382 e. The molecule has 25 heavy (non-hydrogen) atoms. The second kappa shape index (κ2) is 7.32. The summed E-state index contributed by atoms with van der Waals surface area (Å²) < 4.78 is 21.4. The molecule has 0 unspecified atom stereocenters. The molecule has 1 amide bonds. The number of aromatic nitrogens is 4. The monoisotopic (exact) mass is 381 g/mol. The summed E-state index contributed by atoms with van der Waals surface area (Å²) in [7, 11) is 0. The third-order valence-corrected chi connectivity index (χ3v) is 3.76. The average Bonchev–Trinajstić information content (AvgIpc) is 3.27. The van der Waals surface area contributed by atoms with Gasteiger partial charge in [0, 0.05) is 5.38 Å². The molecule has 128 valence electrons. The third kappa shape index (κ3) is 3.95. The fourth-order valence-corrected chi connectivity index (χ4v) is 2.39. The number of nitrogens with two attached hydrogens (primary N) is 1. The molecule has 12 heteroatoms. The highest BCUT2D eigenvalue weighted by molar-refractivity contribution is 7.03. The smallest absolute Gasteiger partial charge is 0.273 e. The van der Waals surface area contributed by atoms with Crippen LogP contribution in [0.1, 0.15) is 21.9 Å². The minimum Gasteiger partial charge on any atom is -0.382 e. The summed E-state index contributed by atoms with van der Waals surface area (Å²) >= 11 is 6.76. The summed E-state index contributed by atoms with van der Waals surface area (Å²) in [5.74, 6) is -1.02. The van der Waals surface area contributed by atoms with Crippen LogP contribution >= 0.6 is 23.1 Å². The van der Waals surface area contributed by atoms with Gasteiger partial charge in [0.05, 0.1) is 17.3 Å². The Hall–Kier alpha value is -2.92. The topological polar surface area (TPSA) is 132 Å². The van der Waals surface area contributed by atoms with Gasteiger partial charge in [-0.2, -0.15) is 0 Å². The van der Waals surface area contributed by atoms with Crippen LogP contribution in [0.25, 0.3) is 0 Å². The van der Waals surface area contributed by atoms with Crippen molar-refractivity contribution in [3.63, 3.8) is 0 Å². The molecule has 1 aromatic carbocycles. The lowest BCUT2D eigenvalue weighted by Crippen LogP contribution is -2.25. The summed E-state index contributed by atoms with van der Waals surface area (Å²) in [6.07, 6.45) is 0. The molecule has 3 aromatic rings. The van der Waals surface area contributed by atoms with Crippen LogP contribution in [0, 0.1) is 5.82 Å². The van der Waals surface area contributed by atoms with Crippen molar-refractivity contribution in [2.75, 3.05) is 0 Å². The second-order valence-electron chi connectivity index (χ2n) is 4.63. The Morgan fingerprint density at radius 1 is 1.44 bits per heavy atom. The lowest BCUT2D eigenvalue weighted by Gasteiger charge is -2.02. The van der Waals surface area contributed by atoms with Crippen molar-refractivity contribution in [3.05, 3.63) is 51.5 Å². The highest BCUT2D eigenvalue weighted by Crippen LogP contribution is 2.22. The zero-order valence-electron chi connectivity index (χ0n) is 12.3. The molecule has 9 nitrogen and oxygen atoms in total. The van der Waals surface area contributed by atoms with Gasteiger partial charge in [-0.05, 0) is 34.9 Å². The van der Waals surface area contributed by atoms with Gasteiger partial charge in [-0.25, -0.2) is 14.0 Å². The number of carbonyl (C=O) groups is 1. The van der Waals surface area contributed by atoms with Crippen molar-refractivity contribution in [2.45, 2.75) is 6.54 Å². The number of rotatable bonds is 5. The Balaban J connectivity index is 1.75. The molecule has 3 N–H and O–H groups in total. The maximum atomic E-state index is 13.2. The maximum absolute atomic E-state index is 13.2. The Kier molecular flexibility index (Phi) is 4.95. The Morgan fingerprint density at radius 2 is 2.28 bits per heavy atom. The number of halogens is 2. The summed E-state index contributed by atoms with van der Waals surface area (Å²) in [4.78, 5) is 15.9. The zero-order valence-corrected chi connectivity index (χ0v) is 13.9. The van der Waals surface area contributed by atoms with Gasteiger partial charge in [-0.1, -0.05) is 21.2 Å². The molecule has 0 radical (unpaired) electrons. The van der Waals surface area contributed by atoms with Crippen molar-refractivity contribution in [1.82, 2.24) is 25.2 Å². The van der Waals surface area contributed by atoms with Crippen molar-refractivity contribution >= 4 is 40.6 Å². The summed E-state index contributed by atoms with van der Waals surface area (Å²) in [5, 5.41) is 15.0. The first-order valence-electron chi connectivity index (χ1n) is 6.71. The van der Waals surface area contributed by atoms with Gasteiger partial charge in [0.1, 0.15) is 11.5 Å². The van der Waals surface area contributed by atoms with E-state index >= 15 is 0 Å². The van der Waals surface area contributed by atoms with Crippen LogP contribution in [-0.2, 0) is 6.54 Å². The molecule has 0 saturated carbocycles. The quantitative estimate of drug-likeness (QED) is 0.507. The summed E-state index contributed by atoms with van der Waals surface area (Å²) in [6.45, 7) is -0.00438. The molecule has 0 atom stereocenters. The minimum absolute atomic E-state index is 0.00438. The predicted octanol–water partition coefficient (Wildman–Crippen LogP) is 1.68. The van der Waals surface area contributed by atoms with E-state index in [-0.39, 0.29) is 34.5 Å². The molecule has 0 saturated heterocycles. The first-order chi connectivity index (χ1) is 12.0. The minimum atomic E-state index is -0.567. The molecule has 0 fully saturated rings. The second-order valence-corrected chi connectivity index (χ2v) is 5.64. The van der Waals surface area contributed by atoms with Gasteiger partial charge in [-0.15, -0.1) is 5.10 Å². The van der Waals surface area contributed by atoms with Crippen LogP contribution in [0.5, 0.6) is 0 Å². The van der Waals surface area contributed by atoms with Crippen LogP contribution in [0.15, 0.2) is 33.2 Å². The average molecular weight is 382 g/mol. The molecule has 3 rings (SSSR count). The molecular formula is C13H9ClFN7O2S. The summed E-state index contributed by atoms with van der Waals surface area (Å²) in [5.41, 5.74) is 6.81. The van der Waals surface area contributed by atoms with E-state index in [4.69, 9.17) is 17.3 Å². The van der Waals surface area contributed by atoms with Crippen LogP contribution in [0.4, 0.5) is 10.1 Å². The highest BCUT2D eigenvalue weighted by atomic mass is 35.5. The number of hydrogen-bond donors (Lipinski definition) is 2. The lowest BCUT2D eigenvalue weighted by molar-refractivity contribution is 0.0945. The molecule has 0 spiro atoms. The number of benzene rings is 1. The standard InChI is InChI=1S/C13H9ClFN7O2S/c14-7-3-6(1-2-8(7)15)18-12(16)11-9(20-24-21-11)4-17-13(23)10-5-25-22-19-10/h1-3,5H,4H2,(H2,16,18)(H,17,23). The van der Waals surface area contributed by atoms with E-state index in [2.05, 4.69) is 34.8 Å². The van der Waals surface area contributed by atoms with E-state index in [0.717, 1.165) is 11.5 Å². The maximum Gasteiger partial charge on any atom is 0.273 e. The Labute approximate surface area is 148 Å². The molecule has 0 bridgehead atoms. The van der Waals surface area contributed by atoms with Crippen molar-refractivity contribution in [1.29, 1.82) is 0 Å².